The van der Waals surface area contributed by atoms with Crippen LogP contribution in [0.3, 0.4) is 0 Å². The molecular weight excluding hydrogens is 380 g/mol. The average Bonchev–Trinajstić information content (AvgIpc) is 3.19. The predicted octanol–water partition coefficient (Wildman–Crippen LogP) is 2.74. The Morgan fingerprint density at radius 1 is 1.29 bits per heavy atom. The molecule has 3 aromatic rings. The first-order valence-corrected chi connectivity index (χ1v) is 10.4. The Morgan fingerprint density at radius 3 is 2.71 bits per heavy atom. The maximum absolute atomic E-state index is 12.8. The van der Waals surface area contributed by atoms with Crippen molar-refractivity contribution in [3.63, 3.8) is 0 Å². The molecule has 0 atom stereocenters. The first kappa shape index (κ1) is 18.3. The number of rotatable bonds is 7. The topological polar surface area (TPSA) is 106 Å². The minimum absolute atomic E-state index is 0.0579. The smallest absolute Gasteiger partial charge is 0.354 e. The maximum atomic E-state index is 12.8. The molecule has 0 saturated heterocycles. The van der Waals surface area contributed by atoms with Gasteiger partial charge < -0.3 is 9.72 Å². The third-order valence-corrected chi connectivity index (χ3v) is 5.90. The number of nitrogens with zero attached hydrogens (tertiary/aromatic N) is 2. The monoisotopic (exact) mass is 400 g/mol. The number of nitrogens with one attached hydrogen (secondary N) is 2. The molecule has 0 bridgehead atoms. The van der Waals surface area contributed by atoms with Crippen molar-refractivity contribution in [1.29, 1.82) is 0 Å². The van der Waals surface area contributed by atoms with Crippen molar-refractivity contribution in [3.8, 4) is 5.69 Å². The molecule has 1 aliphatic rings. The van der Waals surface area contributed by atoms with Crippen molar-refractivity contribution < 1.29 is 17.9 Å². The van der Waals surface area contributed by atoms with E-state index in [1.54, 1.807) is 10.7 Å². The maximum Gasteiger partial charge on any atom is 0.354 e. The van der Waals surface area contributed by atoms with Gasteiger partial charge in [-0.15, -0.1) is 0 Å². The fourth-order valence-corrected chi connectivity index (χ4v) is 3.97. The van der Waals surface area contributed by atoms with Gasteiger partial charge in [0, 0.05) is 12.3 Å². The van der Waals surface area contributed by atoms with Crippen molar-refractivity contribution in [2.24, 2.45) is 5.92 Å². The number of sulfonamides is 1. The van der Waals surface area contributed by atoms with E-state index in [4.69, 9.17) is 0 Å². The van der Waals surface area contributed by atoms with E-state index in [0.717, 1.165) is 17.8 Å². The summed E-state index contributed by atoms with van der Waals surface area (Å²) in [5.74, 6) is 0.334. The summed E-state index contributed by atoms with van der Waals surface area (Å²) < 4.78 is 34.4. The number of hydrogen-bond acceptors (Lipinski definition) is 5. The number of para-hydroxylation sites is 1. The lowest BCUT2D eigenvalue weighted by Crippen LogP contribution is -2.15. The molecule has 9 heteroatoms. The van der Waals surface area contributed by atoms with Crippen molar-refractivity contribution in [1.82, 2.24) is 14.8 Å². The van der Waals surface area contributed by atoms with Gasteiger partial charge in [0.15, 0.2) is 0 Å². The lowest BCUT2D eigenvalue weighted by Gasteiger charge is -2.09. The van der Waals surface area contributed by atoms with Gasteiger partial charge in [-0.1, -0.05) is 18.2 Å². The van der Waals surface area contributed by atoms with Gasteiger partial charge in [0.2, 0.25) is 0 Å². The highest BCUT2D eigenvalue weighted by Gasteiger charge is 2.25. The minimum Gasteiger partial charge on any atom is -0.464 e. The fraction of sp³-hybridized carbons (Fsp3) is 0.263. The highest BCUT2D eigenvalue weighted by atomic mass is 32.2. The first-order chi connectivity index (χ1) is 13.5. The molecule has 0 unspecified atom stereocenters. The number of ether oxygens (including phenoxy) is 1. The molecule has 1 aromatic carbocycles. The molecule has 1 aliphatic carbocycles. The second-order valence-electron chi connectivity index (χ2n) is 6.76. The first-order valence-electron chi connectivity index (χ1n) is 8.90. The quantitative estimate of drug-likeness (QED) is 0.593. The molecule has 0 amide bonds. The molecule has 0 spiro atoms. The number of anilines is 1. The van der Waals surface area contributed by atoms with Crippen molar-refractivity contribution in [2.75, 3.05) is 11.8 Å². The van der Waals surface area contributed by atoms with Crippen LogP contribution in [0, 0.1) is 5.92 Å². The summed E-state index contributed by atoms with van der Waals surface area (Å²) in [7, 11) is -2.68. The molecule has 146 valence electrons. The summed E-state index contributed by atoms with van der Waals surface area (Å²) in [4.78, 5) is 14.1. The Morgan fingerprint density at radius 2 is 2.04 bits per heavy atom. The van der Waals surface area contributed by atoms with E-state index in [1.165, 1.54) is 32.2 Å². The highest BCUT2D eigenvalue weighted by molar-refractivity contribution is 7.92. The summed E-state index contributed by atoms with van der Waals surface area (Å²) in [5.41, 5.74) is 1.66. The lowest BCUT2D eigenvalue weighted by atomic mass is 10.2. The van der Waals surface area contributed by atoms with Crippen LogP contribution in [0.1, 0.15) is 29.0 Å². The van der Waals surface area contributed by atoms with Gasteiger partial charge in [0.05, 0.1) is 18.5 Å². The minimum atomic E-state index is -3.91. The van der Waals surface area contributed by atoms with Crippen LogP contribution in [0.5, 0.6) is 0 Å². The van der Waals surface area contributed by atoms with Gasteiger partial charge in [-0.3, -0.25) is 4.72 Å². The number of methoxy groups -OCH3 is 1. The number of esters is 1. The van der Waals surface area contributed by atoms with Crippen molar-refractivity contribution in [3.05, 3.63) is 60.0 Å². The molecule has 8 nitrogen and oxygen atoms in total. The van der Waals surface area contributed by atoms with Gasteiger partial charge in [-0.2, -0.15) is 5.10 Å². The van der Waals surface area contributed by atoms with Crippen LogP contribution in [-0.4, -0.2) is 36.3 Å². The zero-order chi connectivity index (χ0) is 19.7. The van der Waals surface area contributed by atoms with Crippen molar-refractivity contribution in [2.45, 2.75) is 24.2 Å². The number of H-pyrrole nitrogens is 1. The molecule has 0 aliphatic heterocycles. The van der Waals surface area contributed by atoms with E-state index < -0.39 is 16.0 Å². The zero-order valence-corrected chi connectivity index (χ0v) is 16.1. The molecule has 2 heterocycles. The molecule has 1 fully saturated rings. The molecule has 0 radical (unpaired) electrons. The van der Waals surface area contributed by atoms with Gasteiger partial charge in [-0.05, 0) is 43.4 Å². The number of carbonyl (C=O) groups is 1. The van der Waals surface area contributed by atoms with Crippen LogP contribution >= 0.6 is 0 Å². The van der Waals surface area contributed by atoms with Gasteiger partial charge >= 0.3 is 5.97 Å². The number of carbonyl (C=O) groups excluding carboxylic acids is 1. The summed E-state index contributed by atoms with van der Waals surface area (Å²) in [6, 6.07) is 12.3. The Hall–Kier alpha value is -3.07. The van der Waals surface area contributed by atoms with Crippen LogP contribution in [0.2, 0.25) is 0 Å². The second-order valence-corrected chi connectivity index (χ2v) is 8.44. The van der Waals surface area contributed by atoms with Gasteiger partial charge in [0.25, 0.3) is 10.0 Å². The van der Waals surface area contributed by atoms with Gasteiger partial charge in [-0.25, -0.2) is 17.9 Å². The lowest BCUT2D eigenvalue weighted by molar-refractivity contribution is 0.0594. The molecular formula is C19H20N4O4S. The summed E-state index contributed by atoms with van der Waals surface area (Å²) in [6.45, 7) is 0. The SMILES string of the molecule is COC(=O)c1cc(S(=O)(=O)Nc2cc(CC3CC3)nn2-c2ccccc2)c[nH]1. The van der Waals surface area contributed by atoms with Crippen molar-refractivity contribution >= 4 is 21.8 Å². The molecule has 28 heavy (non-hydrogen) atoms. The fourth-order valence-electron chi connectivity index (χ4n) is 2.94. The third kappa shape index (κ3) is 3.79. The standard InChI is InChI=1S/C19H20N4O4S/c1-27-19(24)17-11-16(12-20-17)28(25,26)22-18-10-14(9-13-7-8-13)21-23(18)15-5-3-2-4-6-15/h2-6,10-13,20,22H,7-9H2,1H3. The zero-order valence-electron chi connectivity index (χ0n) is 15.3. The Labute approximate surface area is 162 Å². The van der Waals surface area contributed by atoms with E-state index in [-0.39, 0.29) is 10.6 Å². The Balaban J connectivity index is 1.66. The van der Waals surface area contributed by atoms with E-state index in [9.17, 15) is 13.2 Å². The van der Waals surface area contributed by atoms with E-state index in [0.29, 0.717) is 11.7 Å². The normalized spacial score (nSPS) is 14.0. The Bertz CT molecular complexity index is 1100. The van der Waals surface area contributed by atoms with E-state index in [1.807, 2.05) is 30.3 Å². The largest absolute Gasteiger partial charge is 0.464 e. The number of aromatic nitrogens is 3. The van der Waals surface area contributed by atoms with Crippen LogP contribution in [0.25, 0.3) is 5.69 Å². The van der Waals surface area contributed by atoms with Gasteiger partial charge in [0.1, 0.15) is 16.4 Å². The van der Waals surface area contributed by atoms with Crippen LogP contribution < -0.4 is 4.72 Å². The Kier molecular flexibility index (Phi) is 4.68. The predicted molar refractivity (Wildman–Crippen MR) is 103 cm³/mol. The third-order valence-electron chi connectivity index (χ3n) is 4.57. The summed E-state index contributed by atoms with van der Waals surface area (Å²) >= 11 is 0. The second kappa shape index (κ2) is 7.16. The van der Waals surface area contributed by atoms with Crippen LogP contribution in [0.15, 0.2) is 53.6 Å². The van der Waals surface area contributed by atoms with Crippen LogP contribution in [0.4, 0.5) is 5.82 Å². The number of hydrogen-bond donors (Lipinski definition) is 2. The highest BCUT2D eigenvalue weighted by Crippen LogP contribution is 2.33. The number of aromatic amines is 1. The molecule has 2 aromatic heterocycles. The summed E-state index contributed by atoms with van der Waals surface area (Å²) in [6.07, 6.45) is 4.44. The summed E-state index contributed by atoms with van der Waals surface area (Å²) in [5, 5.41) is 4.59. The van der Waals surface area contributed by atoms with Crippen LogP contribution in [-0.2, 0) is 21.2 Å². The molecule has 4 rings (SSSR count). The molecule has 2 N–H and O–H groups in total. The average molecular weight is 400 g/mol. The number of benzene rings is 1. The van der Waals surface area contributed by atoms with E-state index in [2.05, 4.69) is 19.5 Å². The molecule has 1 saturated carbocycles. The van der Waals surface area contributed by atoms with E-state index >= 15 is 0 Å².